The zero-order valence-corrected chi connectivity index (χ0v) is 5.84. The van der Waals surface area contributed by atoms with E-state index in [-0.39, 0.29) is 17.8 Å². The van der Waals surface area contributed by atoms with Gasteiger partial charge in [-0.25, -0.2) is 9.89 Å². The van der Waals surface area contributed by atoms with E-state index in [1.54, 1.807) is 0 Å². The maximum atomic E-state index is 10.4. The van der Waals surface area contributed by atoms with Crippen LogP contribution in [-0.4, -0.2) is 21.3 Å². The van der Waals surface area contributed by atoms with Crippen LogP contribution in [0.4, 0.5) is 0 Å². The average molecular weight is 143 g/mol. The number of ether oxygens (including phenoxy) is 1. The second kappa shape index (κ2) is 2.55. The van der Waals surface area contributed by atoms with Crippen LogP contribution >= 0.6 is 0 Å². The van der Waals surface area contributed by atoms with Gasteiger partial charge in [-0.2, -0.15) is 0 Å². The van der Waals surface area contributed by atoms with Crippen LogP contribution < -0.4 is 10.4 Å². The molecule has 1 rings (SSSR count). The van der Waals surface area contributed by atoms with Crippen LogP contribution in [0.25, 0.3) is 0 Å². The molecule has 0 unspecified atom stereocenters. The quantitative estimate of drug-likeness (QED) is 0.606. The van der Waals surface area contributed by atoms with Crippen LogP contribution in [0.2, 0.25) is 0 Å². The molecule has 0 saturated carbocycles. The van der Waals surface area contributed by atoms with Crippen LogP contribution in [0.3, 0.4) is 0 Å². The molecule has 0 radical (unpaired) electrons. The van der Waals surface area contributed by atoms with Gasteiger partial charge >= 0.3 is 11.7 Å². The number of nitrogens with zero attached hydrogens (tertiary/aromatic N) is 1. The first-order valence-corrected chi connectivity index (χ1v) is 3.00. The lowest BCUT2D eigenvalue weighted by molar-refractivity contribution is 0.223. The van der Waals surface area contributed by atoms with Gasteiger partial charge in [-0.15, -0.1) is 5.10 Å². The lowest BCUT2D eigenvalue weighted by Crippen LogP contribution is -2.07. The van der Waals surface area contributed by atoms with E-state index in [0.717, 1.165) is 0 Å². The number of nitrogens with one attached hydrogen (secondary N) is 2. The van der Waals surface area contributed by atoms with Gasteiger partial charge in [0.2, 0.25) is 0 Å². The minimum atomic E-state index is -0.351. The molecule has 0 fully saturated rings. The van der Waals surface area contributed by atoms with E-state index in [1.165, 1.54) is 0 Å². The topological polar surface area (TPSA) is 70.8 Å². The van der Waals surface area contributed by atoms with Gasteiger partial charge in [0.25, 0.3) is 0 Å². The van der Waals surface area contributed by atoms with Gasteiger partial charge in [0.05, 0.1) is 6.10 Å². The predicted octanol–water partition coefficient (Wildman–Crippen LogP) is -0.115. The molecule has 0 bridgehead atoms. The first-order valence-electron chi connectivity index (χ1n) is 3.00. The third kappa shape index (κ3) is 1.61. The normalized spacial score (nSPS) is 10.3. The van der Waals surface area contributed by atoms with Crippen LogP contribution in [0.5, 0.6) is 6.01 Å². The zero-order valence-electron chi connectivity index (χ0n) is 5.84. The van der Waals surface area contributed by atoms with Gasteiger partial charge < -0.3 is 4.74 Å². The number of H-pyrrole nitrogens is 2. The highest BCUT2D eigenvalue weighted by atomic mass is 16.5. The largest absolute Gasteiger partial charge is 0.461 e. The summed E-state index contributed by atoms with van der Waals surface area (Å²) >= 11 is 0. The van der Waals surface area contributed by atoms with E-state index in [4.69, 9.17) is 4.74 Å². The van der Waals surface area contributed by atoms with E-state index in [1.807, 2.05) is 13.8 Å². The Morgan fingerprint density at radius 1 is 1.60 bits per heavy atom. The van der Waals surface area contributed by atoms with Crippen molar-refractivity contribution in [3.63, 3.8) is 0 Å². The van der Waals surface area contributed by atoms with Crippen molar-refractivity contribution in [3.05, 3.63) is 10.5 Å². The highest BCUT2D eigenvalue weighted by Crippen LogP contribution is 1.96. The number of aromatic amines is 2. The van der Waals surface area contributed by atoms with Gasteiger partial charge in [0.15, 0.2) is 0 Å². The minimum Gasteiger partial charge on any atom is -0.461 e. The minimum absolute atomic E-state index is 0.0268. The first kappa shape index (κ1) is 6.85. The molecule has 5 nitrogen and oxygen atoms in total. The Labute approximate surface area is 57.4 Å². The molecule has 0 aliphatic carbocycles. The van der Waals surface area contributed by atoms with Crippen molar-refractivity contribution in [1.82, 2.24) is 15.2 Å². The van der Waals surface area contributed by atoms with Gasteiger partial charge in [0, 0.05) is 0 Å². The molecular formula is C5H9N3O2. The van der Waals surface area contributed by atoms with Crippen molar-refractivity contribution < 1.29 is 4.74 Å². The molecule has 5 heteroatoms. The molecule has 2 N–H and O–H groups in total. The van der Waals surface area contributed by atoms with Gasteiger partial charge in [-0.3, -0.25) is 4.98 Å². The summed E-state index contributed by atoms with van der Waals surface area (Å²) in [5.74, 6) is 0. The first-order chi connectivity index (χ1) is 4.68. The van der Waals surface area contributed by atoms with Crippen molar-refractivity contribution in [1.29, 1.82) is 0 Å². The fourth-order valence-corrected chi connectivity index (χ4v) is 0.534. The molecule has 0 atom stereocenters. The van der Waals surface area contributed by atoms with Crippen LogP contribution in [0.1, 0.15) is 13.8 Å². The molecule has 1 heterocycles. The van der Waals surface area contributed by atoms with Gasteiger partial charge in [-0.1, -0.05) is 0 Å². The molecule has 1 aromatic rings. The Kier molecular flexibility index (Phi) is 1.75. The molecule has 0 spiro atoms. The summed E-state index contributed by atoms with van der Waals surface area (Å²) < 4.78 is 5.04. The number of hydrogen-bond donors (Lipinski definition) is 2. The summed E-state index contributed by atoms with van der Waals surface area (Å²) in [6.07, 6.45) is 0.0268. The van der Waals surface area contributed by atoms with E-state index in [0.29, 0.717) is 0 Å². The average Bonchev–Trinajstić information content (AvgIpc) is 2.13. The lowest BCUT2D eigenvalue weighted by atomic mass is 10.5. The number of rotatable bonds is 2. The molecular weight excluding hydrogens is 134 g/mol. The van der Waals surface area contributed by atoms with Crippen LogP contribution in [0.15, 0.2) is 4.79 Å². The molecule has 0 aliphatic rings. The van der Waals surface area contributed by atoms with Crippen molar-refractivity contribution in [3.8, 4) is 6.01 Å². The Balaban J connectivity index is 2.67. The van der Waals surface area contributed by atoms with Crippen molar-refractivity contribution >= 4 is 0 Å². The van der Waals surface area contributed by atoms with Gasteiger partial charge in [-0.05, 0) is 13.8 Å². The molecule has 56 valence electrons. The van der Waals surface area contributed by atoms with Gasteiger partial charge in [0.1, 0.15) is 0 Å². The molecule has 0 amide bonds. The Hall–Kier alpha value is -1.26. The third-order valence-corrected chi connectivity index (χ3v) is 0.827. The maximum Gasteiger partial charge on any atom is 0.343 e. The molecule has 10 heavy (non-hydrogen) atoms. The highest BCUT2D eigenvalue weighted by Gasteiger charge is 1.99. The number of aromatic nitrogens is 3. The second-order valence-electron chi connectivity index (χ2n) is 2.15. The van der Waals surface area contributed by atoms with Crippen LogP contribution in [-0.2, 0) is 0 Å². The molecule has 0 saturated heterocycles. The summed E-state index contributed by atoms with van der Waals surface area (Å²) in [5.41, 5.74) is -0.351. The summed E-state index contributed by atoms with van der Waals surface area (Å²) in [5, 5.41) is 5.73. The number of hydrogen-bond acceptors (Lipinski definition) is 3. The van der Waals surface area contributed by atoms with Crippen molar-refractivity contribution in [2.24, 2.45) is 0 Å². The van der Waals surface area contributed by atoms with Crippen molar-refractivity contribution in [2.75, 3.05) is 0 Å². The Morgan fingerprint density at radius 3 is 2.70 bits per heavy atom. The molecule has 0 aromatic carbocycles. The maximum absolute atomic E-state index is 10.4. The summed E-state index contributed by atoms with van der Waals surface area (Å²) in [7, 11) is 0. The van der Waals surface area contributed by atoms with E-state index in [9.17, 15) is 4.79 Å². The monoisotopic (exact) mass is 143 g/mol. The van der Waals surface area contributed by atoms with Crippen LogP contribution in [0, 0.1) is 0 Å². The fraction of sp³-hybridized carbons (Fsp3) is 0.600. The lowest BCUT2D eigenvalue weighted by Gasteiger charge is -2.02. The van der Waals surface area contributed by atoms with E-state index in [2.05, 4.69) is 15.2 Å². The van der Waals surface area contributed by atoms with E-state index >= 15 is 0 Å². The SMILES string of the molecule is CC(C)Oc1n[nH]c(=O)[nH]1. The Morgan fingerprint density at radius 2 is 2.30 bits per heavy atom. The summed E-state index contributed by atoms with van der Waals surface area (Å²) in [6.45, 7) is 3.71. The Bertz CT molecular complexity index is 249. The molecule has 0 aliphatic heterocycles. The summed E-state index contributed by atoms with van der Waals surface area (Å²) in [6, 6.07) is 0.236. The van der Waals surface area contributed by atoms with E-state index < -0.39 is 0 Å². The highest BCUT2D eigenvalue weighted by molar-refractivity contribution is 4.86. The summed E-state index contributed by atoms with van der Waals surface area (Å²) in [4.78, 5) is 12.8. The third-order valence-electron chi connectivity index (χ3n) is 0.827. The second-order valence-corrected chi connectivity index (χ2v) is 2.15. The van der Waals surface area contributed by atoms with Crippen molar-refractivity contribution in [2.45, 2.75) is 20.0 Å². The predicted molar refractivity (Wildman–Crippen MR) is 35.0 cm³/mol. The zero-order chi connectivity index (χ0) is 7.56. The molecule has 1 aromatic heterocycles. The fourth-order valence-electron chi connectivity index (χ4n) is 0.534. The smallest absolute Gasteiger partial charge is 0.343 e. The standard InChI is InChI=1S/C5H9N3O2/c1-3(2)10-5-6-4(9)7-8-5/h3H,1-2H3,(H2,6,7,8,9).